The predicted octanol–water partition coefficient (Wildman–Crippen LogP) is 3.36. The van der Waals surface area contributed by atoms with Crippen molar-refractivity contribution in [3.63, 3.8) is 0 Å². The lowest BCUT2D eigenvalue weighted by atomic mass is 10.1. The van der Waals surface area contributed by atoms with Gasteiger partial charge in [-0.2, -0.15) is 4.98 Å². The minimum absolute atomic E-state index is 0.0144. The zero-order chi connectivity index (χ0) is 19.7. The highest BCUT2D eigenvalue weighted by atomic mass is 16.6. The molecule has 1 aliphatic heterocycles. The Morgan fingerprint density at radius 2 is 2.07 bits per heavy atom. The Morgan fingerprint density at radius 1 is 1.25 bits per heavy atom. The van der Waals surface area contributed by atoms with Crippen LogP contribution in [0.2, 0.25) is 0 Å². The summed E-state index contributed by atoms with van der Waals surface area (Å²) in [5.41, 5.74) is 1.56. The van der Waals surface area contributed by atoms with Gasteiger partial charge in [0.05, 0.1) is 17.6 Å². The lowest BCUT2D eigenvalue weighted by Crippen LogP contribution is -2.07. The Hall–Kier alpha value is -4.01. The van der Waals surface area contributed by atoms with Crippen LogP contribution < -0.4 is 4.74 Å². The second-order valence-corrected chi connectivity index (χ2v) is 5.94. The molecule has 0 aliphatic carbocycles. The van der Waals surface area contributed by atoms with Gasteiger partial charge < -0.3 is 14.0 Å². The van der Waals surface area contributed by atoms with Crippen molar-refractivity contribution in [2.45, 2.75) is 0 Å². The van der Waals surface area contributed by atoms with E-state index in [4.69, 9.17) is 9.26 Å². The van der Waals surface area contributed by atoms with Crippen LogP contribution in [0.5, 0.6) is 5.75 Å². The number of aromatic nitrogens is 2. The number of rotatable bonds is 4. The van der Waals surface area contributed by atoms with Gasteiger partial charge in [-0.3, -0.25) is 10.1 Å². The maximum Gasteiger partial charge on any atom is 0.338 e. The number of hydrogen-bond acceptors (Lipinski definition) is 8. The van der Waals surface area contributed by atoms with Crippen molar-refractivity contribution in [3.05, 3.63) is 69.5 Å². The summed E-state index contributed by atoms with van der Waals surface area (Å²) in [6, 6.07) is 11.3. The van der Waals surface area contributed by atoms with Crippen LogP contribution in [0.3, 0.4) is 0 Å². The molecule has 0 saturated heterocycles. The highest BCUT2D eigenvalue weighted by Crippen LogP contribution is 2.31. The van der Waals surface area contributed by atoms with Gasteiger partial charge in [0.2, 0.25) is 5.82 Å². The first-order chi connectivity index (χ1) is 13.5. The van der Waals surface area contributed by atoms with Crippen molar-refractivity contribution in [3.8, 4) is 17.2 Å². The lowest BCUT2D eigenvalue weighted by Gasteiger charge is -2.15. The van der Waals surface area contributed by atoms with E-state index in [0.29, 0.717) is 11.4 Å². The molecular formula is C19H13N3O6. The molecule has 3 aromatic rings. The third kappa shape index (κ3) is 3.20. The fourth-order valence-corrected chi connectivity index (χ4v) is 2.79. The van der Waals surface area contributed by atoms with Crippen molar-refractivity contribution in [2.24, 2.45) is 0 Å². The maximum atomic E-state index is 11.8. The normalized spacial score (nSPS) is 12.5. The largest absolute Gasteiger partial charge is 0.488 e. The molecule has 9 nitrogen and oxygen atoms in total. The Balaban J connectivity index is 1.72. The summed E-state index contributed by atoms with van der Waals surface area (Å²) in [5.74, 6) is 0.403. The second kappa shape index (κ2) is 6.95. The van der Waals surface area contributed by atoms with Gasteiger partial charge in [0, 0.05) is 28.8 Å². The number of nitrogens with zero attached hydrogens (tertiary/aromatic N) is 3. The van der Waals surface area contributed by atoms with E-state index in [9.17, 15) is 14.9 Å². The summed E-state index contributed by atoms with van der Waals surface area (Å²) < 4.78 is 15.6. The van der Waals surface area contributed by atoms with Crippen molar-refractivity contribution in [1.29, 1.82) is 0 Å². The van der Waals surface area contributed by atoms with Crippen molar-refractivity contribution in [1.82, 2.24) is 10.1 Å². The molecule has 1 aliphatic rings. The third-order valence-electron chi connectivity index (χ3n) is 4.14. The topological polar surface area (TPSA) is 118 Å². The second-order valence-electron chi connectivity index (χ2n) is 5.94. The number of carbonyl (C=O) groups is 1. The highest BCUT2D eigenvalue weighted by Gasteiger charge is 2.21. The average Bonchev–Trinajstić information content (AvgIpc) is 3.22. The molecule has 9 heteroatoms. The SMILES string of the molecule is COC(=O)c1cc(-c2nc(C3=Cc4ccccc4OC3)no2)cc([N+](=O)[O-])c1. The van der Waals surface area contributed by atoms with Crippen LogP contribution in [-0.2, 0) is 4.74 Å². The number of methoxy groups -OCH3 is 1. The first kappa shape index (κ1) is 17.4. The summed E-state index contributed by atoms with van der Waals surface area (Å²) >= 11 is 0. The van der Waals surface area contributed by atoms with Gasteiger partial charge in [0.1, 0.15) is 12.4 Å². The molecule has 4 rings (SSSR count). The van der Waals surface area contributed by atoms with Gasteiger partial charge >= 0.3 is 5.97 Å². The molecule has 0 bridgehead atoms. The number of hydrogen-bond donors (Lipinski definition) is 0. The molecule has 140 valence electrons. The summed E-state index contributed by atoms with van der Waals surface area (Å²) in [7, 11) is 1.19. The van der Waals surface area contributed by atoms with Gasteiger partial charge in [-0.05, 0) is 18.2 Å². The quantitative estimate of drug-likeness (QED) is 0.385. The van der Waals surface area contributed by atoms with Gasteiger partial charge in [-0.15, -0.1) is 0 Å². The maximum absolute atomic E-state index is 11.8. The fraction of sp³-hybridized carbons (Fsp3) is 0.105. The van der Waals surface area contributed by atoms with Gasteiger partial charge in [-0.1, -0.05) is 23.4 Å². The molecule has 0 N–H and O–H groups in total. The predicted molar refractivity (Wildman–Crippen MR) is 97.5 cm³/mol. The number of fused-ring (bicyclic) bond motifs is 1. The standard InChI is InChI=1S/C19H13N3O6/c1-26-19(23)13-7-12(8-15(9-13)22(24)25)18-20-17(21-28-18)14-6-11-4-2-3-5-16(11)27-10-14/h2-9H,10H2,1H3. The molecule has 0 atom stereocenters. The average molecular weight is 379 g/mol. The number of benzene rings is 2. The number of esters is 1. The minimum atomic E-state index is -0.704. The molecular weight excluding hydrogens is 366 g/mol. The molecule has 0 spiro atoms. The third-order valence-corrected chi connectivity index (χ3v) is 4.14. The smallest absolute Gasteiger partial charge is 0.338 e. The highest BCUT2D eigenvalue weighted by molar-refractivity contribution is 5.91. The monoisotopic (exact) mass is 379 g/mol. The lowest BCUT2D eigenvalue weighted by molar-refractivity contribution is -0.384. The van der Waals surface area contributed by atoms with Gasteiger partial charge in [0.15, 0.2) is 0 Å². The van der Waals surface area contributed by atoms with Crippen LogP contribution in [0.1, 0.15) is 21.7 Å². The Bertz CT molecular complexity index is 1120. The van der Waals surface area contributed by atoms with Crippen LogP contribution in [0, 0.1) is 10.1 Å². The molecule has 1 aromatic heterocycles. The van der Waals surface area contributed by atoms with E-state index in [0.717, 1.165) is 17.4 Å². The molecule has 0 radical (unpaired) electrons. The van der Waals surface area contributed by atoms with Crippen molar-refractivity contribution in [2.75, 3.05) is 13.7 Å². The van der Waals surface area contributed by atoms with Crippen LogP contribution >= 0.6 is 0 Å². The molecule has 28 heavy (non-hydrogen) atoms. The van der Waals surface area contributed by atoms with E-state index in [2.05, 4.69) is 14.9 Å². The summed E-state index contributed by atoms with van der Waals surface area (Å²) in [6.45, 7) is 0.262. The molecule has 2 heterocycles. The number of nitro groups is 1. The van der Waals surface area contributed by atoms with E-state index in [1.807, 2.05) is 30.3 Å². The number of para-hydroxylation sites is 1. The number of carbonyl (C=O) groups excluding carboxylic acids is 1. The Labute approximate surface area is 158 Å². The summed E-state index contributed by atoms with van der Waals surface area (Å²) in [4.78, 5) is 26.7. The van der Waals surface area contributed by atoms with Gasteiger partial charge in [-0.25, -0.2) is 4.79 Å². The zero-order valence-corrected chi connectivity index (χ0v) is 14.6. The van der Waals surface area contributed by atoms with Crippen LogP contribution in [0.15, 0.2) is 47.0 Å². The van der Waals surface area contributed by atoms with E-state index >= 15 is 0 Å². The van der Waals surface area contributed by atoms with Crippen molar-refractivity contribution >= 4 is 23.3 Å². The molecule has 0 unspecified atom stereocenters. The van der Waals surface area contributed by atoms with E-state index in [-0.39, 0.29) is 29.3 Å². The molecule has 0 saturated carbocycles. The summed E-state index contributed by atoms with van der Waals surface area (Å²) in [6.07, 6.45) is 1.89. The molecule has 2 aromatic carbocycles. The first-order valence-corrected chi connectivity index (χ1v) is 8.20. The Kier molecular flexibility index (Phi) is 4.32. The van der Waals surface area contributed by atoms with E-state index in [1.165, 1.54) is 19.2 Å². The minimum Gasteiger partial charge on any atom is -0.488 e. The molecule has 0 amide bonds. The van der Waals surface area contributed by atoms with Crippen molar-refractivity contribution < 1.29 is 23.7 Å². The van der Waals surface area contributed by atoms with E-state index < -0.39 is 10.9 Å². The zero-order valence-electron chi connectivity index (χ0n) is 14.6. The first-order valence-electron chi connectivity index (χ1n) is 8.20. The number of non-ortho nitro benzene ring substituents is 1. The summed E-state index contributed by atoms with van der Waals surface area (Å²) in [5, 5.41) is 15.1. The van der Waals surface area contributed by atoms with E-state index in [1.54, 1.807) is 0 Å². The van der Waals surface area contributed by atoms with Gasteiger partial charge in [0.25, 0.3) is 11.6 Å². The van der Waals surface area contributed by atoms with Crippen LogP contribution in [0.4, 0.5) is 5.69 Å². The van der Waals surface area contributed by atoms with Crippen LogP contribution in [0.25, 0.3) is 23.1 Å². The fourth-order valence-electron chi connectivity index (χ4n) is 2.79. The number of ether oxygens (including phenoxy) is 2. The van der Waals surface area contributed by atoms with Crippen LogP contribution in [-0.4, -0.2) is 34.7 Å². The Morgan fingerprint density at radius 3 is 2.86 bits per heavy atom. The molecule has 0 fully saturated rings. The number of nitro benzene ring substituents is 1.